The van der Waals surface area contributed by atoms with Crippen LogP contribution in [0.15, 0.2) is 21.5 Å². The number of carboxylic acid groups (broad SMARTS) is 1. The van der Waals surface area contributed by atoms with E-state index in [0.29, 0.717) is 33.2 Å². The minimum Gasteiger partial charge on any atom is -0.480 e. The summed E-state index contributed by atoms with van der Waals surface area (Å²) in [6.07, 6.45) is 7.24. The predicted molar refractivity (Wildman–Crippen MR) is 119 cm³/mol. The number of amides is 2. The average Bonchev–Trinajstić information content (AvgIpc) is 2.89. The van der Waals surface area contributed by atoms with Crippen LogP contribution in [-0.4, -0.2) is 40.3 Å². The van der Waals surface area contributed by atoms with Crippen molar-refractivity contribution in [3.63, 3.8) is 0 Å². The molecule has 1 aromatic rings. The zero-order valence-corrected chi connectivity index (χ0v) is 19.5. The fourth-order valence-electron chi connectivity index (χ4n) is 3.40. The number of nitrogens with zero attached hydrogens (tertiary/aromatic N) is 1. The molecule has 0 atom stereocenters. The number of rotatable bonds is 6. The van der Waals surface area contributed by atoms with Crippen molar-refractivity contribution in [3.05, 3.63) is 30.6 Å². The second-order valence-corrected chi connectivity index (χ2v) is 9.88. The van der Waals surface area contributed by atoms with E-state index in [1.165, 1.54) is 11.3 Å². The number of hydrogen-bond acceptors (Lipinski definition) is 5. The van der Waals surface area contributed by atoms with E-state index in [9.17, 15) is 14.4 Å². The Kier molecular flexibility index (Phi) is 7.43. The molecule has 0 spiro atoms. The molecule has 0 aromatic heterocycles. The zero-order chi connectivity index (χ0) is 20.3. The van der Waals surface area contributed by atoms with Gasteiger partial charge in [-0.1, -0.05) is 19.3 Å². The van der Waals surface area contributed by atoms with Crippen molar-refractivity contribution in [2.75, 3.05) is 13.2 Å². The highest BCUT2D eigenvalue weighted by Gasteiger charge is 2.36. The predicted octanol–water partition coefficient (Wildman–Crippen LogP) is 5.13. The van der Waals surface area contributed by atoms with Gasteiger partial charge in [-0.3, -0.25) is 14.5 Å². The Balaban J connectivity index is 1.83. The number of benzene rings is 1. The van der Waals surface area contributed by atoms with Crippen LogP contribution in [0.5, 0.6) is 5.75 Å². The molecule has 0 bridgehead atoms. The van der Waals surface area contributed by atoms with E-state index in [0.717, 1.165) is 41.0 Å². The molecule has 1 saturated carbocycles. The van der Waals surface area contributed by atoms with Gasteiger partial charge >= 0.3 is 5.97 Å². The third-order valence-corrected chi connectivity index (χ3v) is 6.82. The summed E-state index contributed by atoms with van der Waals surface area (Å²) in [5.41, 5.74) is 0.559. The maximum Gasteiger partial charge on any atom is 0.341 e. The van der Waals surface area contributed by atoms with E-state index in [1.54, 1.807) is 18.2 Å². The van der Waals surface area contributed by atoms with Crippen LogP contribution in [0.4, 0.5) is 4.79 Å². The Morgan fingerprint density at radius 1 is 1.32 bits per heavy atom. The normalized spacial score (nSPS) is 19.5. The number of hydrogen-bond donors (Lipinski definition) is 1. The molecule has 28 heavy (non-hydrogen) atoms. The van der Waals surface area contributed by atoms with E-state index in [2.05, 4.69) is 38.5 Å². The molecule has 2 aliphatic rings. The zero-order valence-electron chi connectivity index (χ0n) is 15.0. The Bertz CT molecular complexity index is 838. The third-order valence-electron chi connectivity index (χ3n) is 4.70. The van der Waals surface area contributed by atoms with E-state index in [-0.39, 0.29) is 11.1 Å². The lowest BCUT2D eigenvalue weighted by molar-refractivity contribution is -0.139. The molecule has 150 valence electrons. The second-order valence-electron chi connectivity index (χ2n) is 6.78. The van der Waals surface area contributed by atoms with Crippen molar-refractivity contribution >= 4 is 73.5 Å². The number of imide groups is 1. The van der Waals surface area contributed by atoms with Gasteiger partial charge in [-0.25, -0.2) is 4.79 Å². The molecule has 6 nitrogen and oxygen atoms in total. The van der Waals surface area contributed by atoms with Crippen LogP contribution < -0.4 is 4.74 Å². The molecule has 3 rings (SSSR count). The fourth-order valence-corrected chi connectivity index (χ4v) is 5.90. The van der Waals surface area contributed by atoms with Crippen molar-refractivity contribution in [2.24, 2.45) is 5.92 Å². The molecule has 2 amide bonds. The van der Waals surface area contributed by atoms with E-state index >= 15 is 0 Å². The first kappa shape index (κ1) is 21.6. The topological polar surface area (TPSA) is 83.9 Å². The van der Waals surface area contributed by atoms with Crippen molar-refractivity contribution in [1.82, 2.24) is 4.90 Å². The van der Waals surface area contributed by atoms with E-state index < -0.39 is 12.6 Å². The maximum atomic E-state index is 12.8. The quantitative estimate of drug-likeness (QED) is 0.371. The molecule has 1 aromatic carbocycles. The van der Waals surface area contributed by atoms with Crippen LogP contribution in [0.2, 0.25) is 0 Å². The number of carbonyl (C=O) groups excluding carboxylic acids is 2. The van der Waals surface area contributed by atoms with Gasteiger partial charge in [-0.2, -0.15) is 0 Å². The maximum absolute atomic E-state index is 12.8. The van der Waals surface area contributed by atoms with Gasteiger partial charge in [-0.15, -0.1) is 0 Å². The van der Waals surface area contributed by atoms with Crippen LogP contribution in [0.25, 0.3) is 6.08 Å². The van der Waals surface area contributed by atoms with Crippen molar-refractivity contribution in [2.45, 2.75) is 32.1 Å². The summed E-state index contributed by atoms with van der Waals surface area (Å²) in [7, 11) is 0. The Morgan fingerprint density at radius 2 is 2.04 bits per heavy atom. The minimum atomic E-state index is -1.09. The molecule has 0 radical (unpaired) electrons. The first-order valence-electron chi connectivity index (χ1n) is 8.94. The van der Waals surface area contributed by atoms with Crippen molar-refractivity contribution in [1.29, 1.82) is 0 Å². The Hall–Kier alpha value is -1.07. The molecule has 1 aliphatic carbocycles. The molecular weight excluding hydrogens is 561 g/mol. The Morgan fingerprint density at radius 3 is 2.71 bits per heavy atom. The smallest absolute Gasteiger partial charge is 0.341 e. The molecule has 0 unspecified atom stereocenters. The summed E-state index contributed by atoms with van der Waals surface area (Å²) in [4.78, 5) is 37.7. The van der Waals surface area contributed by atoms with Crippen LogP contribution in [0.3, 0.4) is 0 Å². The molecule has 1 aliphatic heterocycles. The average molecular weight is 580 g/mol. The first-order chi connectivity index (χ1) is 13.3. The number of carbonyl (C=O) groups is 3. The van der Waals surface area contributed by atoms with Crippen molar-refractivity contribution < 1.29 is 24.2 Å². The van der Waals surface area contributed by atoms with Crippen LogP contribution in [0, 0.1) is 9.49 Å². The number of carboxylic acids is 1. The highest BCUT2D eigenvalue weighted by molar-refractivity contribution is 14.1. The van der Waals surface area contributed by atoms with Crippen LogP contribution in [0.1, 0.15) is 37.7 Å². The summed E-state index contributed by atoms with van der Waals surface area (Å²) < 4.78 is 6.87. The Labute approximate surface area is 189 Å². The van der Waals surface area contributed by atoms with Gasteiger partial charge in [0.2, 0.25) is 0 Å². The van der Waals surface area contributed by atoms with Crippen LogP contribution in [-0.2, 0) is 9.59 Å². The van der Waals surface area contributed by atoms with Crippen LogP contribution >= 0.6 is 50.3 Å². The molecule has 1 heterocycles. The van der Waals surface area contributed by atoms with Gasteiger partial charge in [0.25, 0.3) is 11.1 Å². The largest absolute Gasteiger partial charge is 0.480 e. The number of aliphatic carboxylic acids is 1. The monoisotopic (exact) mass is 579 g/mol. The summed E-state index contributed by atoms with van der Waals surface area (Å²) in [5, 5.41) is 8.65. The first-order valence-corrected chi connectivity index (χ1v) is 11.6. The van der Waals surface area contributed by atoms with Gasteiger partial charge in [0.05, 0.1) is 9.38 Å². The SMILES string of the molecule is O=C(O)COc1c(Br)cc(I)cc1/C=C1/SC(=O)N(CC2CCCCC2)C1=O. The second kappa shape index (κ2) is 9.62. The van der Waals surface area contributed by atoms with E-state index in [4.69, 9.17) is 9.84 Å². The van der Waals surface area contributed by atoms with Gasteiger partial charge < -0.3 is 9.84 Å². The third kappa shape index (κ3) is 5.29. The lowest BCUT2D eigenvalue weighted by Gasteiger charge is -2.25. The fraction of sp³-hybridized carbons (Fsp3) is 0.421. The lowest BCUT2D eigenvalue weighted by atomic mass is 9.89. The summed E-state index contributed by atoms with van der Waals surface area (Å²) in [6, 6.07) is 3.58. The minimum absolute atomic E-state index is 0.250. The van der Waals surface area contributed by atoms with E-state index in [1.807, 2.05) is 0 Å². The van der Waals surface area contributed by atoms with Gasteiger partial charge in [0.1, 0.15) is 5.75 Å². The molecule has 1 saturated heterocycles. The van der Waals surface area contributed by atoms with Gasteiger partial charge in [0.15, 0.2) is 6.61 Å². The van der Waals surface area contributed by atoms with Gasteiger partial charge in [0, 0.05) is 15.7 Å². The lowest BCUT2D eigenvalue weighted by Crippen LogP contribution is -2.34. The van der Waals surface area contributed by atoms with Gasteiger partial charge in [-0.05, 0) is 87.3 Å². The summed E-state index contributed by atoms with van der Waals surface area (Å²) >= 11 is 6.43. The highest BCUT2D eigenvalue weighted by atomic mass is 127. The summed E-state index contributed by atoms with van der Waals surface area (Å²) in [5.74, 6) is -0.672. The molecular formula is C19H19BrINO5S. The number of ether oxygens (including phenoxy) is 1. The summed E-state index contributed by atoms with van der Waals surface area (Å²) in [6.45, 7) is -0.0242. The molecule has 9 heteroatoms. The molecule has 1 N–H and O–H groups in total. The number of halogens is 2. The molecule has 2 fully saturated rings. The standard InChI is InChI=1S/C19H19BrINO5S/c20-14-8-13(21)6-12(17(14)27-10-16(23)24)7-15-18(25)22(19(26)28-15)9-11-4-2-1-3-5-11/h6-8,11H,1-5,9-10H2,(H,23,24)/b15-7+. The number of thioether (sulfide) groups is 1. The van der Waals surface area contributed by atoms with Crippen molar-refractivity contribution in [3.8, 4) is 5.75 Å². The highest BCUT2D eigenvalue weighted by Crippen LogP contribution is 2.38.